The fraction of sp³-hybridized carbons (Fsp3) is 0.429. The normalized spacial score (nSPS) is 15.0. The smallest absolute Gasteiger partial charge is 0.0406 e. The first-order chi connectivity index (χ1) is 11.1. The van der Waals surface area contributed by atoms with Crippen LogP contribution in [0.1, 0.15) is 48.4 Å². The molecule has 2 aromatic carbocycles. The lowest BCUT2D eigenvalue weighted by atomic mass is 9.93. The summed E-state index contributed by atoms with van der Waals surface area (Å²) in [7, 11) is 0. The van der Waals surface area contributed by atoms with Crippen molar-refractivity contribution >= 4 is 11.6 Å². The van der Waals surface area contributed by atoms with Crippen LogP contribution in [0.5, 0.6) is 0 Å². The summed E-state index contributed by atoms with van der Waals surface area (Å²) in [6.45, 7) is 8.02. The molecule has 1 aliphatic rings. The van der Waals surface area contributed by atoms with E-state index in [9.17, 15) is 0 Å². The van der Waals surface area contributed by atoms with Gasteiger partial charge in [0, 0.05) is 18.1 Å². The van der Waals surface area contributed by atoms with E-state index in [1.165, 1.54) is 42.6 Å². The van der Waals surface area contributed by atoms with Crippen LogP contribution in [-0.4, -0.2) is 18.0 Å². The average Bonchev–Trinajstić information content (AvgIpc) is 2.56. The minimum atomic E-state index is 0.612. The van der Waals surface area contributed by atoms with Crippen molar-refractivity contribution in [2.45, 2.75) is 45.6 Å². The molecule has 3 rings (SSSR count). The van der Waals surface area contributed by atoms with Crippen LogP contribution in [0.25, 0.3) is 0 Å². The lowest BCUT2D eigenvalue weighted by Gasteiger charge is -2.29. The summed E-state index contributed by atoms with van der Waals surface area (Å²) in [5.74, 6) is 0.612. The topological polar surface area (TPSA) is 3.24 Å². The first kappa shape index (κ1) is 16.5. The molecule has 0 fully saturated rings. The van der Waals surface area contributed by atoms with E-state index in [0.29, 0.717) is 5.92 Å². The van der Waals surface area contributed by atoms with Crippen molar-refractivity contribution in [2.75, 3.05) is 13.1 Å². The van der Waals surface area contributed by atoms with Crippen molar-refractivity contribution in [2.24, 2.45) is 0 Å². The first-order valence-corrected chi connectivity index (χ1v) is 9.08. The number of fused-ring (bicyclic) bond motifs is 1. The average molecular weight is 328 g/mol. The zero-order valence-corrected chi connectivity index (χ0v) is 14.9. The maximum absolute atomic E-state index is 5.94. The van der Waals surface area contributed by atoms with Gasteiger partial charge >= 0.3 is 0 Å². The van der Waals surface area contributed by atoms with E-state index in [2.05, 4.69) is 49.1 Å². The number of benzene rings is 2. The summed E-state index contributed by atoms with van der Waals surface area (Å²) in [5, 5.41) is 0.822. The zero-order chi connectivity index (χ0) is 16.2. The second-order valence-electron chi connectivity index (χ2n) is 6.94. The third kappa shape index (κ3) is 4.37. The molecule has 0 atom stereocenters. The molecule has 2 aromatic rings. The van der Waals surface area contributed by atoms with E-state index < -0.39 is 0 Å². The highest BCUT2D eigenvalue weighted by Gasteiger charge is 2.16. The lowest BCUT2D eigenvalue weighted by Crippen LogP contribution is -2.31. The Balaban J connectivity index is 1.54. The van der Waals surface area contributed by atoms with Gasteiger partial charge in [-0.2, -0.15) is 0 Å². The largest absolute Gasteiger partial charge is 0.299 e. The molecule has 1 aliphatic heterocycles. The van der Waals surface area contributed by atoms with Gasteiger partial charge in [0.15, 0.2) is 0 Å². The molecule has 23 heavy (non-hydrogen) atoms. The van der Waals surface area contributed by atoms with E-state index in [1.807, 2.05) is 12.1 Å². The molecule has 2 heteroatoms. The van der Waals surface area contributed by atoms with Gasteiger partial charge in [0.1, 0.15) is 0 Å². The predicted molar refractivity (Wildman–Crippen MR) is 99.3 cm³/mol. The summed E-state index contributed by atoms with van der Waals surface area (Å²) in [6, 6.07) is 15.3. The van der Waals surface area contributed by atoms with Crippen LogP contribution in [0, 0.1) is 0 Å². The van der Waals surface area contributed by atoms with Gasteiger partial charge in [-0.25, -0.2) is 0 Å². The Labute approximate surface area is 145 Å². The molecule has 0 saturated carbocycles. The second kappa shape index (κ2) is 7.51. The molecule has 0 unspecified atom stereocenters. The van der Waals surface area contributed by atoms with E-state index >= 15 is 0 Å². The molecule has 1 heterocycles. The van der Waals surface area contributed by atoms with Gasteiger partial charge in [0.25, 0.3) is 0 Å². The number of aryl methyl sites for hydroxylation is 1. The van der Waals surface area contributed by atoms with Crippen molar-refractivity contribution in [3.63, 3.8) is 0 Å². The summed E-state index contributed by atoms with van der Waals surface area (Å²) in [6.07, 6.45) is 3.53. The Morgan fingerprint density at radius 1 is 1.04 bits per heavy atom. The molecule has 0 N–H and O–H groups in total. The van der Waals surface area contributed by atoms with Crippen molar-refractivity contribution < 1.29 is 0 Å². The number of nitrogens with zero attached hydrogens (tertiary/aromatic N) is 1. The Morgan fingerprint density at radius 3 is 2.57 bits per heavy atom. The van der Waals surface area contributed by atoms with Crippen LogP contribution in [0.3, 0.4) is 0 Å². The summed E-state index contributed by atoms with van der Waals surface area (Å²) in [5.41, 5.74) is 5.93. The van der Waals surface area contributed by atoms with Gasteiger partial charge in [0.2, 0.25) is 0 Å². The summed E-state index contributed by atoms with van der Waals surface area (Å²) in [4.78, 5) is 2.60. The van der Waals surface area contributed by atoms with Gasteiger partial charge in [-0.1, -0.05) is 55.8 Å². The molecule has 0 aliphatic carbocycles. The highest BCUT2D eigenvalue weighted by molar-refractivity contribution is 6.30. The Kier molecular flexibility index (Phi) is 5.40. The molecule has 0 bridgehead atoms. The maximum atomic E-state index is 5.94. The monoisotopic (exact) mass is 327 g/mol. The van der Waals surface area contributed by atoms with Crippen LogP contribution in [0.2, 0.25) is 5.02 Å². The van der Waals surface area contributed by atoms with Gasteiger partial charge < -0.3 is 0 Å². The number of hydrogen-bond donors (Lipinski definition) is 0. The highest BCUT2D eigenvalue weighted by Crippen LogP contribution is 2.24. The Hall–Kier alpha value is -1.31. The van der Waals surface area contributed by atoms with Gasteiger partial charge in [-0.3, -0.25) is 4.90 Å². The molecular formula is C21H26ClN. The molecule has 0 spiro atoms. The molecule has 0 radical (unpaired) electrons. The third-order valence-corrected chi connectivity index (χ3v) is 5.09. The van der Waals surface area contributed by atoms with Gasteiger partial charge in [-0.05, 0) is 66.1 Å². The van der Waals surface area contributed by atoms with Crippen molar-refractivity contribution in [3.8, 4) is 0 Å². The van der Waals surface area contributed by atoms with Crippen molar-refractivity contribution in [1.82, 2.24) is 4.90 Å². The fourth-order valence-electron chi connectivity index (χ4n) is 3.34. The summed E-state index contributed by atoms with van der Waals surface area (Å²) < 4.78 is 0. The van der Waals surface area contributed by atoms with Gasteiger partial charge in [0.05, 0.1) is 0 Å². The maximum Gasteiger partial charge on any atom is 0.0406 e. The molecule has 1 nitrogen and oxygen atoms in total. The minimum absolute atomic E-state index is 0.612. The molecule has 122 valence electrons. The number of rotatable bonds is 5. The van der Waals surface area contributed by atoms with Gasteiger partial charge in [-0.15, -0.1) is 0 Å². The third-order valence-electron chi connectivity index (χ3n) is 4.84. The standard InChI is InChI=1S/C21H26ClN/c1-16(2)19-8-7-18-11-13-23(15-20(18)14-19)12-3-4-17-5-9-21(22)10-6-17/h5-10,14,16H,3-4,11-13,15H2,1-2H3. The molecule has 0 amide bonds. The molecular weight excluding hydrogens is 302 g/mol. The van der Waals surface area contributed by atoms with Crippen LogP contribution in [-0.2, 0) is 19.4 Å². The zero-order valence-electron chi connectivity index (χ0n) is 14.2. The van der Waals surface area contributed by atoms with Crippen LogP contribution >= 0.6 is 11.6 Å². The van der Waals surface area contributed by atoms with E-state index in [1.54, 1.807) is 5.56 Å². The van der Waals surface area contributed by atoms with E-state index in [0.717, 1.165) is 18.0 Å². The van der Waals surface area contributed by atoms with Crippen molar-refractivity contribution in [3.05, 3.63) is 69.7 Å². The molecule has 0 saturated heterocycles. The van der Waals surface area contributed by atoms with E-state index in [-0.39, 0.29) is 0 Å². The molecule has 0 aromatic heterocycles. The van der Waals surface area contributed by atoms with Crippen LogP contribution < -0.4 is 0 Å². The second-order valence-corrected chi connectivity index (χ2v) is 7.38. The highest BCUT2D eigenvalue weighted by atomic mass is 35.5. The Morgan fingerprint density at radius 2 is 1.83 bits per heavy atom. The minimum Gasteiger partial charge on any atom is -0.299 e. The fourth-order valence-corrected chi connectivity index (χ4v) is 3.47. The quantitative estimate of drug-likeness (QED) is 0.705. The lowest BCUT2D eigenvalue weighted by molar-refractivity contribution is 0.251. The number of hydrogen-bond acceptors (Lipinski definition) is 1. The van der Waals surface area contributed by atoms with E-state index in [4.69, 9.17) is 11.6 Å². The summed E-state index contributed by atoms with van der Waals surface area (Å²) >= 11 is 5.94. The number of halogens is 1. The van der Waals surface area contributed by atoms with Crippen LogP contribution in [0.15, 0.2) is 42.5 Å². The Bertz CT molecular complexity index is 645. The first-order valence-electron chi connectivity index (χ1n) is 8.70. The SMILES string of the molecule is CC(C)c1ccc2c(c1)CN(CCCc1ccc(Cl)cc1)CC2. The van der Waals surface area contributed by atoms with Crippen molar-refractivity contribution in [1.29, 1.82) is 0 Å². The van der Waals surface area contributed by atoms with Crippen LogP contribution in [0.4, 0.5) is 0 Å². The predicted octanol–water partition coefficient (Wildman–Crippen LogP) is 5.45.